The van der Waals surface area contributed by atoms with Gasteiger partial charge in [0.05, 0.1) is 11.7 Å². The molecular formula is C25H29F2N9. The van der Waals surface area contributed by atoms with E-state index in [4.69, 9.17) is 4.98 Å². The summed E-state index contributed by atoms with van der Waals surface area (Å²) in [6.45, 7) is 7.67. The van der Waals surface area contributed by atoms with Crippen LogP contribution in [0.4, 0.5) is 20.5 Å². The van der Waals surface area contributed by atoms with Crippen molar-refractivity contribution < 1.29 is 8.78 Å². The van der Waals surface area contributed by atoms with E-state index >= 15 is 0 Å². The first-order valence-corrected chi connectivity index (χ1v) is 12.0. The van der Waals surface area contributed by atoms with Crippen LogP contribution in [0.5, 0.6) is 0 Å². The van der Waals surface area contributed by atoms with Crippen LogP contribution in [0.1, 0.15) is 31.1 Å². The van der Waals surface area contributed by atoms with Crippen LogP contribution in [0.25, 0.3) is 22.3 Å². The van der Waals surface area contributed by atoms with E-state index in [-0.39, 0.29) is 28.8 Å². The number of hydrogen-bond donors (Lipinski definition) is 1. The molecule has 0 saturated carbocycles. The molecule has 0 unspecified atom stereocenters. The van der Waals surface area contributed by atoms with Crippen LogP contribution < -0.4 is 5.32 Å². The lowest BCUT2D eigenvalue weighted by Gasteiger charge is -2.29. The van der Waals surface area contributed by atoms with E-state index in [1.54, 1.807) is 10.7 Å². The van der Waals surface area contributed by atoms with Crippen molar-refractivity contribution in [3.05, 3.63) is 53.4 Å². The lowest BCUT2D eigenvalue weighted by Crippen LogP contribution is -2.36. The quantitative estimate of drug-likeness (QED) is 0.416. The molecule has 0 spiro atoms. The predicted octanol–water partition coefficient (Wildman–Crippen LogP) is 3.81. The van der Waals surface area contributed by atoms with Gasteiger partial charge in [0.15, 0.2) is 11.6 Å². The van der Waals surface area contributed by atoms with E-state index in [9.17, 15) is 8.78 Å². The van der Waals surface area contributed by atoms with Crippen molar-refractivity contribution in [2.45, 2.75) is 32.9 Å². The van der Waals surface area contributed by atoms with E-state index in [1.807, 2.05) is 19.9 Å². The molecule has 0 amide bonds. The van der Waals surface area contributed by atoms with E-state index in [0.717, 1.165) is 44.5 Å². The molecule has 3 aromatic heterocycles. The van der Waals surface area contributed by atoms with Crippen molar-refractivity contribution in [1.29, 1.82) is 0 Å². The number of aromatic nitrogens is 6. The number of likely N-dealkylation sites (N-methyl/N-ethyl adjacent to an activating group) is 1. The Morgan fingerprint density at radius 2 is 1.94 bits per heavy atom. The van der Waals surface area contributed by atoms with Gasteiger partial charge in [-0.1, -0.05) is 11.3 Å². The zero-order chi connectivity index (χ0) is 25.4. The van der Waals surface area contributed by atoms with E-state index < -0.39 is 11.6 Å². The number of anilines is 2. The number of hydrogen-bond acceptors (Lipinski definition) is 8. The molecule has 0 radical (unpaired) electrons. The summed E-state index contributed by atoms with van der Waals surface area (Å²) in [6.07, 6.45) is 1.93. The predicted molar refractivity (Wildman–Crippen MR) is 134 cm³/mol. The fraction of sp³-hybridized carbons (Fsp3) is 0.400. The fourth-order valence-corrected chi connectivity index (χ4v) is 4.34. The van der Waals surface area contributed by atoms with Crippen LogP contribution in [0.2, 0.25) is 0 Å². The molecule has 0 atom stereocenters. The first-order valence-electron chi connectivity index (χ1n) is 12.0. The first kappa shape index (κ1) is 24.1. The van der Waals surface area contributed by atoms with Crippen molar-refractivity contribution >= 4 is 22.8 Å². The number of benzene rings is 1. The second-order valence-corrected chi connectivity index (χ2v) is 9.60. The summed E-state index contributed by atoms with van der Waals surface area (Å²) in [5, 5.41) is 11.0. The summed E-state index contributed by atoms with van der Waals surface area (Å²) in [7, 11) is 4.15. The van der Waals surface area contributed by atoms with Gasteiger partial charge in [0, 0.05) is 49.9 Å². The minimum absolute atomic E-state index is 0.0145. The van der Waals surface area contributed by atoms with Crippen molar-refractivity contribution in [3.8, 4) is 11.3 Å². The average Bonchev–Trinajstić information content (AvgIpc) is 3.29. The molecule has 1 aliphatic heterocycles. The van der Waals surface area contributed by atoms with Gasteiger partial charge in [0.25, 0.3) is 0 Å². The Morgan fingerprint density at radius 3 is 2.72 bits per heavy atom. The monoisotopic (exact) mass is 493 g/mol. The van der Waals surface area contributed by atoms with Crippen LogP contribution in [-0.4, -0.2) is 73.5 Å². The average molecular weight is 494 g/mol. The van der Waals surface area contributed by atoms with Crippen LogP contribution in [0.3, 0.4) is 0 Å². The molecule has 4 heterocycles. The Kier molecular flexibility index (Phi) is 6.59. The molecule has 4 aromatic rings. The number of fused-ring (bicyclic) bond motifs is 2. The zero-order valence-corrected chi connectivity index (χ0v) is 20.8. The smallest absolute Gasteiger partial charge is 0.229 e. The van der Waals surface area contributed by atoms with Crippen LogP contribution in [0.15, 0.2) is 30.5 Å². The molecule has 0 bridgehead atoms. The van der Waals surface area contributed by atoms with Gasteiger partial charge in [-0.15, -0.1) is 5.10 Å². The number of nitrogens with one attached hydrogen (secondary N) is 1. The minimum Gasteiger partial charge on any atom is -0.309 e. The van der Waals surface area contributed by atoms with E-state index in [0.29, 0.717) is 11.3 Å². The maximum Gasteiger partial charge on any atom is 0.229 e. The third-order valence-electron chi connectivity index (χ3n) is 6.27. The maximum absolute atomic E-state index is 14.8. The molecular weight excluding hydrogens is 464 g/mol. The van der Waals surface area contributed by atoms with E-state index in [1.165, 1.54) is 11.6 Å². The van der Waals surface area contributed by atoms with Gasteiger partial charge in [-0.3, -0.25) is 4.90 Å². The lowest BCUT2D eigenvalue weighted by molar-refractivity contribution is 0.224. The molecule has 0 aliphatic carbocycles. The highest BCUT2D eigenvalue weighted by atomic mass is 19.1. The van der Waals surface area contributed by atoms with Gasteiger partial charge >= 0.3 is 0 Å². The normalized spacial score (nSPS) is 14.1. The molecule has 0 saturated heterocycles. The minimum atomic E-state index is -0.654. The van der Waals surface area contributed by atoms with Crippen LogP contribution >= 0.6 is 0 Å². The summed E-state index contributed by atoms with van der Waals surface area (Å²) < 4.78 is 31.1. The van der Waals surface area contributed by atoms with Gasteiger partial charge < -0.3 is 10.2 Å². The van der Waals surface area contributed by atoms with Gasteiger partial charge in [0.1, 0.15) is 17.0 Å². The number of halogens is 2. The fourth-order valence-electron chi connectivity index (χ4n) is 4.34. The molecule has 11 heteroatoms. The second-order valence-electron chi connectivity index (χ2n) is 9.60. The van der Waals surface area contributed by atoms with Crippen LogP contribution in [0, 0.1) is 11.6 Å². The Bertz CT molecular complexity index is 1400. The Hall–Kier alpha value is -3.57. The molecule has 9 nitrogen and oxygen atoms in total. The molecule has 1 N–H and O–H groups in total. The van der Waals surface area contributed by atoms with E-state index in [2.05, 4.69) is 55.6 Å². The van der Waals surface area contributed by atoms with Crippen molar-refractivity contribution in [1.82, 2.24) is 39.7 Å². The molecule has 5 rings (SSSR count). The van der Waals surface area contributed by atoms with Gasteiger partial charge in [-0.25, -0.2) is 28.4 Å². The number of rotatable bonds is 7. The third-order valence-corrected chi connectivity index (χ3v) is 6.27. The topological polar surface area (TPSA) is 87.9 Å². The van der Waals surface area contributed by atoms with Crippen molar-refractivity contribution in [2.24, 2.45) is 0 Å². The van der Waals surface area contributed by atoms with Crippen molar-refractivity contribution in [2.75, 3.05) is 39.0 Å². The summed E-state index contributed by atoms with van der Waals surface area (Å²) >= 11 is 0. The summed E-state index contributed by atoms with van der Waals surface area (Å²) in [4.78, 5) is 17.8. The molecule has 1 aromatic carbocycles. The molecule has 1 aliphatic rings. The van der Waals surface area contributed by atoms with Gasteiger partial charge in [-0.05, 0) is 51.7 Å². The highest BCUT2D eigenvalue weighted by molar-refractivity contribution is 5.81. The Morgan fingerprint density at radius 1 is 1.11 bits per heavy atom. The van der Waals surface area contributed by atoms with Gasteiger partial charge in [-0.2, -0.15) is 0 Å². The maximum atomic E-state index is 14.8. The second kappa shape index (κ2) is 9.82. The number of pyridine rings is 1. The zero-order valence-electron chi connectivity index (χ0n) is 20.8. The standard InChI is InChI=1S/C25H29F2N9/c1-15(2)36-21-12-17(11-18(26)24(21)32-33-36)23-19(27)13-28-25(31-23)30-22-6-5-16-14-35(10-9-34(3)4)8-7-20(16)29-22/h5-6,11-13,15H,7-10,14H2,1-4H3,(H,28,29,30,31). The van der Waals surface area contributed by atoms with Gasteiger partial charge in [0.2, 0.25) is 5.95 Å². The highest BCUT2D eigenvalue weighted by Crippen LogP contribution is 2.29. The number of nitrogens with zero attached hydrogens (tertiary/aromatic N) is 8. The third kappa shape index (κ3) is 4.89. The molecule has 36 heavy (non-hydrogen) atoms. The van der Waals surface area contributed by atoms with Crippen molar-refractivity contribution in [3.63, 3.8) is 0 Å². The first-order chi connectivity index (χ1) is 17.3. The Labute approximate surface area is 208 Å². The molecule has 188 valence electrons. The largest absolute Gasteiger partial charge is 0.309 e. The summed E-state index contributed by atoms with van der Waals surface area (Å²) in [5.74, 6) is -0.480. The van der Waals surface area contributed by atoms with Crippen LogP contribution in [-0.2, 0) is 13.0 Å². The lowest BCUT2D eigenvalue weighted by atomic mass is 10.1. The Balaban J connectivity index is 1.39. The SMILES string of the molecule is CC(C)n1nnc2c(F)cc(-c3nc(Nc4ccc5c(n4)CCN(CCN(C)C)C5)ncc3F)cc21. The molecule has 0 fully saturated rings. The summed E-state index contributed by atoms with van der Waals surface area (Å²) in [6, 6.07) is 6.76. The summed E-state index contributed by atoms with van der Waals surface area (Å²) in [5.41, 5.74) is 3.11. The highest BCUT2D eigenvalue weighted by Gasteiger charge is 2.20.